The van der Waals surface area contributed by atoms with Crippen LogP contribution in [0.15, 0.2) is 72.8 Å². The Morgan fingerprint density at radius 1 is 0.969 bits per heavy atom. The second-order valence-corrected chi connectivity index (χ2v) is 8.40. The lowest BCUT2D eigenvalue weighted by atomic mass is 9.97. The van der Waals surface area contributed by atoms with Crippen LogP contribution < -0.4 is 10.1 Å². The molecule has 0 saturated carbocycles. The van der Waals surface area contributed by atoms with Crippen molar-refractivity contribution < 1.29 is 9.53 Å². The van der Waals surface area contributed by atoms with Gasteiger partial charge in [0.15, 0.2) is 0 Å². The van der Waals surface area contributed by atoms with Crippen LogP contribution in [0.3, 0.4) is 0 Å². The Labute approximate surface area is 191 Å². The zero-order valence-corrected chi connectivity index (χ0v) is 18.8. The van der Waals surface area contributed by atoms with Gasteiger partial charge in [0.05, 0.1) is 0 Å². The average molecular weight is 429 g/mol. The van der Waals surface area contributed by atoms with Gasteiger partial charge < -0.3 is 15.0 Å². The zero-order valence-electron chi connectivity index (χ0n) is 18.8. The van der Waals surface area contributed by atoms with E-state index in [1.165, 1.54) is 27.8 Å². The van der Waals surface area contributed by atoms with Crippen LogP contribution in [0.4, 0.5) is 0 Å². The number of hydrogen-bond donors (Lipinski definition) is 1. The molecule has 0 spiro atoms. The molecule has 3 aromatic carbocycles. The second kappa shape index (κ2) is 11.0. The van der Waals surface area contributed by atoms with Crippen LogP contribution in [-0.2, 0) is 17.9 Å². The van der Waals surface area contributed by atoms with Crippen molar-refractivity contribution in [2.45, 2.75) is 39.3 Å². The molecule has 4 rings (SSSR count). The molecule has 1 amide bonds. The minimum Gasteiger partial charge on any atom is -0.489 e. The first kappa shape index (κ1) is 22.1. The summed E-state index contributed by atoms with van der Waals surface area (Å²) in [5.74, 6) is 1.19. The molecule has 166 valence electrons. The summed E-state index contributed by atoms with van der Waals surface area (Å²) in [6.07, 6.45) is 2.73. The Bertz CT molecular complexity index is 1020. The summed E-state index contributed by atoms with van der Waals surface area (Å²) >= 11 is 0. The maximum absolute atomic E-state index is 11.6. The third-order valence-corrected chi connectivity index (χ3v) is 6.13. The predicted molar refractivity (Wildman–Crippen MR) is 130 cm³/mol. The fourth-order valence-corrected chi connectivity index (χ4v) is 4.20. The van der Waals surface area contributed by atoms with Gasteiger partial charge in [0, 0.05) is 26.1 Å². The number of carbonyl (C=O) groups is 1. The van der Waals surface area contributed by atoms with E-state index in [1.807, 2.05) is 23.1 Å². The molecule has 0 aromatic heterocycles. The van der Waals surface area contributed by atoms with Crippen molar-refractivity contribution in [3.63, 3.8) is 0 Å². The number of benzene rings is 3. The van der Waals surface area contributed by atoms with Gasteiger partial charge in [-0.05, 0) is 66.3 Å². The SMILES string of the molecule is Cc1c(COc2ccc(CNCCCN3CCCC3=O)cc2)cccc1-c1ccccc1. The first-order valence-corrected chi connectivity index (χ1v) is 11.5. The first-order chi connectivity index (χ1) is 15.7. The van der Waals surface area contributed by atoms with Crippen LogP contribution in [0.2, 0.25) is 0 Å². The summed E-state index contributed by atoms with van der Waals surface area (Å²) in [5, 5.41) is 3.47. The van der Waals surface area contributed by atoms with Crippen LogP contribution in [-0.4, -0.2) is 30.4 Å². The molecule has 1 aliphatic rings. The topological polar surface area (TPSA) is 41.6 Å². The fraction of sp³-hybridized carbons (Fsp3) is 0.321. The van der Waals surface area contributed by atoms with Crippen molar-refractivity contribution in [3.05, 3.63) is 89.5 Å². The van der Waals surface area contributed by atoms with Crippen molar-refractivity contribution in [2.75, 3.05) is 19.6 Å². The monoisotopic (exact) mass is 428 g/mol. The van der Waals surface area contributed by atoms with Gasteiger partial charge in [-0.2, -0.15) is 0 Å². The second-order valence-electron chi connectivity index (χ2n) is 8.40. The molecule has 0 unspecified atom stereocenters. The van der Waals surface area contributed by atoms with E-state index in [1.54, 1.807) is 0 Å². The van der Waals surface area contributed by atoms with Gasteiger partial charge in [-0.15, -0.1) is 0 Å². The highest BCUT2D eigenvalue weighted by molar-refractivity contribution is 5.78. The molecule has 1 heterocycles. The number of nitrogens with zero attached hydrogens (tertiary/aromatic N) is 1. The van der Waals surface area contributed by atoms with Crippen molar-refractivity contribution >= 4 is 5.91 Å². The van der Waals surface area contributed by atoms with Crippen molar-refractivity contribution in [1.29, 1.82) is 0 Å². The first-order valence-electron chi connectivity index (χ1n) is 11.5. The molecule has 1 saturated heterocycles. The molecule has 1 fully saturated rings. The van der Waals surface area contributed by atoms with E-state index in [9.17, 15) is 4.79 Å². The number of nitrogens with one attached hydrogen (secondary N) is 1. The standard InChI is InChI=1S/C28H32N2O2/c1-22-25(10-5-11-27(22)24-8-3-2-4-9-24)21-32-26-15-13-23(14-16-26)20-29-17-7-19-30-18-6-12-28(30)31/h2-5,8-11,13-16,29H,6-7,12,17-21H2,1H3. The molecule has 1 N–H and O–H groups in total. The number of ether oxygens (including phenoxy) is 1. The van der Waals surface area contributed by atoms with E-state index < -0.39 is 0 Å². The average Bonchev–Trinajstić information content (AvgIpc) is 3.24. The molecule has 0 atom stereocenters. The van der Waals surface area contributed by atoms with E-state index in [-0.39, 0.29) is 0 Å². The summed E-state index contributed by atoms with van der Waals surface area (Å²) < 4.78 is 6.07. The largest absolute Gasteiger partial charge is 0.489 e. The molecular formula is C28H32N2O2. The Morgan fingerprint density at radius 2 is 1.78 bits per heavy atom. The molecule has 0 aliphatic carbocycles. The normalized spacial score (nSPS) is 13.5. The van der Waals surface area contributed by atoms with E-state index in [0.29, 0.717) is 12.5 Å². The summed E-state index contributed by atoms with van der Waals surface area (Å²) in [5.41, 5.74) is 6.18. The van der Waals surface area contributed by atoms with Crippen LogP contribution in [0.5, 0.6) is 5.75 Å². The quantitative estimate of drug-likeness (QED) is 0.443. The van der Waals surface area contributed by atoms with Gasteiger partial charge in [-0.25, -0.2) is 0 Å². The lowest BCUT2D eigenvalue weighted by Crippen LogP contribution is -2.28. The number of likely N-dealkylation sites (tertiary alicyclic amines) is 1. The molecule has 1 aliphatic heterocycles. The van der Waals surface area contributed by atoms with Gasteiger partial charge in [0.1, 0.15) is 12.4 Å². The molecular weight excluding hydrogens is 396 g/mol. The van der Waals surface area contributed by atoms with Crippen LogP contribution in [0.25, 0.3) is 11.1 Å². The smallest absolute Gasteiger partial charge is 0.222 e. The Morgan fingerprint density at radius 3 is 2.53 bits per heavy atom. The third kappa shape index (κ3) is 5.77. The molecule has 32 heavy (non-hydrogen) atoms. The highest BCUT2D eigenvalue weighted by Crippen LogP contribution is 2.26. The predicted octanol–water partition coefficient (Wildman–Crippen LogP) is 5.34. The van der Waals surface area contributed by atoms with Crippen molar-refractivity contribution in [3.8, 4) is 16.9 Å². The lowest BCUT2D eigenvalue weighted by molar-refractivity contribution is -0.127. The number of rotatable bonds is 10. The lowest BCUT2D eigenvalue weighted by Gasteiger charge is -2.15. The number of amides is 1. The van der Waals surface area contributed by atoms with E-state index >= 15 is 0 Å². The van der Waals surface area contributed by atoms with Gasteiger partial charge in [-0.3, -0.25) is 4.79 Å². The molecule has 0 bridgehead atoms. The van der Waals surface area contributed by atoms with Crippen molar-refractivity contribution in [1.82, 2.24) is 10.2 Å². The van der Waals surface area contributed by atoms with Gasteiger partial charge >= 0.3 is 0 Å². The van der Waals surface area contributed by atoms with E-state index in [0.717, 1.165) is 51.2 Å². The minimum absolute atomic E-state index is 0.308. The number of hydrogen-bond acceptors (Lipinski definition) is 3. The maximum atomic E-state index is 11.6. The van der Waals surface area contributed by atoms with Gasteiger partial charge in [0.2, 0.25) is 5.91 Å². The summed E-state index contributed by atoms with van der Waals surface area (Å²) in [6.45, 7) is 6.25. The highest BCUT2D eigenvalue weighted by atomic mass is 16.5. The van der Waals surface area contributed by atoms with Crippen LogP contribution in [0, 0.1) is 6.92 Å². The summed E-state index contributed by atoms with van der Waals surface area (Å²) in [4.78, 5) is 13.6. The molecule has 4 heteroatoms. The summed E-state index contributed by atoms with van der Waals surface area (Å²) in [6, 6.07) is 25.2. The molecule has 3 aromatic rings. The Kier molecular flexibility index (Phi) is 7.57. The van der Waals surface area contributed by atoms with Crippen LogP contribution >= 0.6 is 0 Å². The van der Waals surface area contributed by atoms with Gasteiger partial charge in [0.25, 0.3) is 0 Å². The van der Waals surface area contributed by atoms with Crippen molar-refractivity contribution in [2.24, 2.45) is 0 Å². The maximum Gasteiger partial charge on any atom is 0.222 e. The Hall–Kier alpha value is -3.11. The van der Waals surface area contributed by atoms with E-state index in [2.05, 4.69) is 66.8 Å². The zero-order chi connectivity index (χ0) is 22.2. The highest BCUT2D eigenvalue weighted by Gasteiger charge is 2.18. The number of carbonyl (C=O) groups excluding carboxylic acids is 1. The fourth-order valence-electron chi connectivity index (χ4n) is 4.20. The van der Waals surface area contributed by atoms with E-state index in [4.69, 9.17) is 4.74 Å². The molecule has 4 nitrogen and oxygen atoms in total. The Balaban J connectivity index is 1.23. The van der Waals surface area contributed by atoms with Crippen LogP contribution in [0.1, 0.15) is 36.0 Å². The minimum atomic E-state index is 0.308. The molecule has 0 radical (unpaired) electrons. The van der Waals surface area contributed by atoms with Gasteiger partial charge in [-0.1, -0.05) is 60.7 Å². The summed E-state index contributed by atoms with van der Waals surface area (Å²) in [7, 11) is 0. The third-order valence-electron chi connectivity index (χ3n) is 6.13.